The van der Waals surface area contributed by atoms with E-state index >= 15 is 0 Å². The highest BCUT2D eigenvalue weighted by atomic mass is 32.2. The van der Waals surface area contributed by atoms with Gasteiger partial charge in [-0.25, -0.2) is 4.98 Å². The maximum Gasteiger partial charge on any atom is 0.257 e. The van der Waals surface area contributed by atoms with Gasteiger partial charge in [-0.2, -0.15) is 0 Å². The number of hydrogen-bond donors (Lipinski definition) is 1. The van der Waals surface area contributed by atoms with Crippen molar-refractivity contribution >= 4 is 45.2 Å². The second-order valence-corrected chi connectivity index (χ2v) is 8.00. The molecule has 0 radical (unpaired) electrons. The lowest BCUT2D eigenvalue weighted by Gasteiger charge is -2.18. The van der Waals surface area contributed by atoms with Crippen LogP contribution in [0.5, 0.6) is 0 Å². The minimum Gasteiger partial charge on any atom is -0.431 e. The molecule has 0 saturated heterocycles. The Morgan fingerprint density at radius 3 is 2.92 bits per heavy atom. The maximum atomic E-state index is 12.1. The van der Waals surface area contributed by atoms with Crippen LogP contribution in [0.4, 0.5) is 5.13 Å². The summed E-state index contributed by atoms with van der Waals surface area (Å²) in [5.41, 5.74) is 1.53. The molecule has 0 unspecified atom stereocenters. The zero-order valence-electron chi connectivity index (χ0n) is 13.6. The third-order valence-corrected chi connectivity index (χ3v) is 6.07. The number of nitrogens with one attached hydrogen (secondary N) is 1. The van der Waals surface area contributed by atoms with E-state index in [1.807, 2.05) is 24.3 Å². The Morgan fingerprint density at radius 2 is 2.08 bits per heavy atom. The van der Waals surface area contributed by atoms with E-state index in [4.69, 9.17) is 4.42 Å². The van der Waals surface area contributed by atoms with Crippen LogP contribution in [0.1, 0.15) is 43.0 Å². The number of thioether (sulfide) groups is 1. The highest BCUT2D eigenvalue weighted by Gasteiger charge is 2.20. The molecule has 0 aliphatic heterocycles. The summed E-state index contributed by atoms with van der Waals surface area (Å²) in [6, 6.07) is 7.55. The Kier molecular flexibility index (Phi) is 4.98. The van der Waals surface area contributed by atoms with E-state index in [2.05, 4.69) is 20.5 Å². The molecular weight excluding hydrogens is 356 g/mol. The Balaban J connectivity index is 1.32. The summed E-state index contributed by atoms with van der Waals surface area (Å²) in [5, 5.41) is 13.3. The molecule has 0 atom stereocenters. The molecule has 1 aromatic carbocycles. The molecule has 130 valence electrons. The van der Waals surface area contributed by atoms with E-state index in [1.165, 1.54) is 55.2 Å². The van der Waals surface area contributed by atoms with Crippen LogP contribution in [0.3, 0.4) is 0 Å². The molecule has 4 rings (SSSR count). The third kappa shape index (κ3) is 4.01. The average Bonchev–Trinajstić information content (AvgIpc) is 3.27. The second kappa shape index (κ2) is 7.53. The van der Waals surface area contributed by atoms with Gasteiger partial charge >= 0.3 is 0 Å². The standard InChI is InChI=1S/C17H18N4O2S2/c22-14(10-24-17-18-12-8-4-5-9-13(12)23-17)19-16-21-20-15(25-16)11-6-2-1-3-7-11/h4-5,8-9,11H,1-3,6-7,10H2,(H,19,21,22). The first-order valence-electron chi connectivity index (χ1n) is 8.39. The van der Waals surface area contributed by atoms with Crippen LogP contribution in [0.25, 0.3) is 11.1 Å². The van der Waals surface area contributed by atoms with Gasteiger partial charge in [-0.3, -0.25) is 10.1 Å². The molecule has 0 bridgehead atoms. The van der Waals surface area contributed by atoms with Crippen molar-refractivity contribution < 1.29 is 9.21 Å². The lowest BCUT2D eigenvalue weighted by Crippen LogP contribution is -2.13. The van der Waals surface area contributed by atoms with E-state index in [1.54, 1.807) is 0 Å². The lowest BCUT2D eigenvalue weighted by molar-refractivity contribution is -0.113. The third-order valence-electron chi connectivity index (χ3n) is 4.24. The second-order valence-electron chi connectivity index (χ2n) is 6.06. The van der Waals surface area contributed by atoms with Crippen LogP contribution >= 0.6 is 23.1 Å². The van der Waals surface area contributed by atoms with Gasteiger partial charge in [-0.05, 0) is 25.0 Å². The van der Waals surface area contributed by atoms with E-state index in [-0.39, 0.29) is 11.7 Å². The van der Waals surface area contributed by atoms with Crippen LogP contribution in [-0.4, -0.2) is 26.8 Å². The molecule has 8 heteroatoms. The fraction of sp³-hybridized carbons (Fsp3) is 0.412. The van der Waals surface area contributed by atoms with Gasteiger partial charge in [0, 0.05) is 5.92 Å². The molecule has 0 spiro atoms. The molecule has 3 aromatic rings. The molecule has 25 heavy (non-hydrogen) atoms. The number of aromatic nitrogens is 3. The van der Waals surface area contributed by atoms with Crippen molar-refractivity contribution in [2.24, 2.45) is 0 Å². The van der Waals surface area contributed by atoms with Crippen LogP contribution in [0.15, 0.2) is 33.9 Å². The molecule has 1 N–H and O–H groups in total. The number of carbonyl (C=O) groups excluding carboxylic acids is 1. The molecule has 2 heterocycles. The highest BCUT2D eigenvalue weighted by molar-refractivity contribution is 7.99. The highest BCUT2D eigenvalue weighted by Crippen LogP contribution is 2.35. The average molecular weight is 374 g/mol. The molecule has 1 fully saturated rings. The first kappa shape index (κ1) is 16.5. The van der Waals surface area contributed by atoms with Gasteiger partial charge in [0.1, 0.15) is 10.5 Å². The quantitative estimate of drug-likeness (QED) is 0.664. The van der Waals surface area contributed by atoms with Crippen LogP contribution in [0.2, 0.25) is 0 Å². The number of oxazole rings is 1. The summed E-state index contributed by atoms with van der Waals surface area (Å²) < 4.78 is 5.60. The van der Waals surface area contributed by atoms with Crippen molar-refractivity contribution in [1.82, 2.24) is 15.2 Å². The maximum absolute atomic E-state index is 12.1. The fourth-order valence-corrected chi connectivity index (χ4v) is 4.56. The van der Waals surface area contributed by atoms with E-state index in [0.29, 0.717) is 16.3 Å². The number of anilines is 1. The molecule has 1 saturated carbocycles. The normalized spacial score (nSPS) is 15.5. The number of nitrogens with zero attached hydrogens (tertiary/aromatic N) is 3. The fourth-order valence-electron chi connectivity index (χ4n) is 3.00. The molecule has 2 aromatic heterocycles. The number of hydrogen-bond acceptors (Lipinski definition) is 7. The van der Waals surface area contributed by atoms with E-state index in [0.717, 1.165) is 16.1 Å². The molecule has 6 nitrogen and oxygen atoms in total. The number of carbonyl (C=O) groups is 1. The number of benzene rings is 1. The van der Waals surface area contributed by atoms with Crippen LogP contribution in [0, 0.1) is 0 Å². The smallest absolute Gasteiger partial charge is 0.257 e. The zero-order chi connectivity index (χ0) is 17.1. The summed E-state index contributed by atoms with van der Waals surface area (Å²) in [6.07, 6.45) is 6.18. The van der Waals surface area contributed by atoms with Gasteiger partial charge in [0.05, 0.1) is 5.75 Å². The predicted molar refractivity (Wildman–Crippen MR) is 99.1 cm³/mol. The number of rotatable bonds is 5. The van der Waals surface area contributed by atoms with Crippen molar-refractivity contribution in [3.63, 3.8) is 0 Å². The minimum absolute atomic E-state index is 0.126. The van der Waals surface area contributed by atoms with Gasteiger partial charge in [0.25, 0.3) is 5.22 Å². The number of fused-ring (bicyclic) bond motifs is 1. The van der Waals surface area contributed by atoms with Gasteiger partial charge in [-0.15, -0.1) is 10.2 Å². The van der Waals surface area contributed by atoms with Crippen molar-refractivity contribution in [2.75, 3.05) is 11.1 Å². The Hall–Kier alpha value is -1.93. The van der Waals surface area contributed by atoms with Crippen molar-refractivity contribution in [2.45, 2.75) is 43.2 Å². The Bertz CT molecular complexity index is 837. The first-order valence-corrected chi connectivity index (χ1v) is 10.2. The largest absolute Gasteiger partial charge is 0.431 e. The SMILES string of the molecule is O=C(CSc1nc2ccccc2o1)Nc1nnc(C2CCCCC2)s1. The summed E-state index contributed by atoms with van der Waals surface area (Å²) in [7, 11) is 0. The lowest BCUT2D eigenvalue weighted by atomic mass is 9.90. The Morgan fingerprint density at radius 1 is 1.24 bits per heavy atom. The molecule has 1 aliphatic rings. The molecule has 1 amide bonds. The molecule has 1 aliphatic carbocycles. The zero-order valence-corrected chi connectivity index (χ0v) is 15.2. The van der Waals surface area contributed by atoms with Crippen LogP contribution < -0.4 is 5.32 Å². The summed E-state index contributed by atoms with van der Waals surface area (Å²) in [6.45, 7) is 0. The molecular formula is C17H18N4O2S2. The summed E-state index contributed by atoms with van der Waals surface area (Å²) in [5.74, 6) is 0.607. The number of para-hydroxylation sites is 2. The monoisotopic (exact) mass is 374 g/mol. The minimum atomic E-state index is -0.126. The summed E-state index contributed by atoms with van der Waals surface area (Å²) >= 11 is 2.77. The first-order chi connectivity index (χ1) is 12.3. The van der Waals surface area contributed by atoms with Crippen molar-refractivity contribution in [3.8, 4) is 0 Å². The van der Waals surface area contributed by atoms with E-state index in [9.17, 15) is 4.79 Å². The Labute approximate surface area is 153 Å². The van der Waals surface area contributed by atoms with Gasteiger partial charge in [0.15, 0.2) is 5.58 Å². The van der Waals surface area contributed by atoms with Gasteiger partial charge in [0.2, 0.25) is 11.0 Å². The van der Waals surface area contributed by atoms with Crippen molar-refractivity contribution in [3.05, 3.63) is 29.3 Å². The predicted octanol–water partition coefficient (Wildman–Crippen LogP) is 4.46. The summed E-state index contributed by atoms with van der Waals surface area (Å²) in [4.78, 5) is 16.5. The van der Waals surface area contributed by atoms with Crippen molar-refractivity contribution in [1.29, 1.82) is 0 Å². The van der Waals surface area contributed by atoms with Crippen LogP contribution in [-0.2, 0) is 4.79 Å². The van der Waals surface area contributed by atoms with E-state index < -0.39 is 0 Å². The topological polar surface area (TPSA) is 80.9 Å². The van der Waals surface area contributed by atoms with Gasteiger partial charge < -0.3 is 4.42 Å². The number of amides is 1. The van der Waals surface area contributed by atoms with Gasteiger partial charge in [-0.1, -0.05) is 54.5 Å².